The maximum atomic E-state index is 6.07. The number of halogens is 3. The third kappa shape index (κ3) is 4.54. The number of nitrogens with zero attached hydrogens (tertiary/aromatic N) is 1. The Kier molecular flexibility index (Phi) is 5.95. The molecule has 1 N–H and O–H groups in total. The zero-order valence-corrected chi connectivity index (χ0v) is 13.7. The van der Waals surface area contributed by atoms with E-state index in [1.807, 2.05) is 18.2 Å². The predicted octanol–water partition coefficient (Wildman–Crippen LogP) is 5.03. The van der Waals surface area contributed by atoms with Crippen molar-refractivity contribution in [1.29, 1.82) is 0 Å². The Balaban J connectivity index is 1.75. The summed E-state index contributed by atoms with van der Waals surface area (Å²) in [5.41, 5.74) is 0. The van der Waals surface area contributed by atoms with Gasteiger partial charge in [-0.25, -0.2) is 4.98 Å². The zero-order valence-electron chi connectivity index (χ0n) is 10.6. The topological polar surface area (TPSA) is 34.1 Å². The van der Waals surface area contributed by atoms with Gasteiger partial charge in [-0.2, -0.15) is 0 Å². The summed E-state index contributed by atoms with van der Waals surface area (Å²) in [4.78, 5) is 4.17. The highest BCUT2D eigenvalue weighted by Crippen LogP contribution is 2.34. The third-order valence-corrected chi connectivity index (χ3v) is 4.02. The van der Waals surface area contributed by atoms with Gasteiger partial charge in [0.2, 0.25) is 0 Å². The molecule has 0 saturated heterocycles. The fraction of sp³-hybridized carbons (Fsp3) is 0.214. The first-order valence-corrected chi connectivity index (χ1v) is 7.64. The van der Waals surface area contributed by atoms with Crippen LogP contribution in [-0.2, 0) is 0 Å². The molecule has 0 aliphatic rings. The van der Waals surface area contributed by atoms with Crippen molar-refractivity contribution in [2.24, 2.45) is 0 Å². The number of anilines is 1. The van der Waals surface area contributed by atoms with Gasteiger partial charge in [-0.15, -0.1) is 0 Å². The summed E-state index contributed by atoms with van der Waals surface area (Å²) < 4.78 is 6.37. The van der Waals surface area contributed by atoms with Gasteiger partial charge >= 0.3 is 0 Å². The lowest BCUT2D eigenvalue weighted by Gasteiger charge is -2.10. The molecule has 0 saturated carbocycles. The minimum absolute atomic E-state index is 0.541. The summed E-state index contributed by atoms with van der Waals surface area (Å²) in [5, 5.41) is 4.33. The van der Waals surface area contributed by atoms with Crippen molar-refractivity contribution in [2.75, 3.05) is 18.5 Å². The van der Waals surface area contributed by atoms with E-state index in [0.717, 1.165) is 23.3 Å². The fourth-order valence-corrected chi connectivity index (χ4v) is 2.40. The normalized spacial score (nSPS) is 10.3. The molecule has 20 heavy (non-hydrogen) atoms. The maximum absolute atomic E-state index is 6.07. The molecule has 1 aromatic carbocycles. The van der Waals surface area contributed by atoms with Crippen LogP contribution in [-0.4, -0.2) is 18.1 Å². The quantitative estimate of drug-likeness (QED) is 0.567. The van der Waals surface area contributed by atoms with Gasteiger partial charge in [0.05, 0.1) is 16.7 Å². The van der Waals surface area contributed by atoms with Crippen LogP contribution in [0.1, 0.15) is 6.42 Å². The van der Waals surface area contributed by atoms with E-state index in [4.69, 9.17) is 27.9 Å². The van der Waals surface area contributed by atoms with Gasteiger partial charge < -0.3 is 10.1 Å². The van der Waals surface area contributed by atoms with Crippen molar-refractivity contribution < 1.29 is 4.74 Å². The van der Waals surface area contributed by atoms with Gasteiger partial charge in [-0.1, -0.05) is 29.3 Å². The van der Waals surface area contributed by atoms with E-state index < -0.39 is 0 Å². The maximum Gasteiger partial charge on any atom is 0.139 e. The van der Waals surface area contributed by atoms with Gasteiger partial charge in [-0.3, -0.25) is 0 Å². The molecule has 0 fully saturated rings. The van der Waals surface area contributed by atoms with E-state index in [9.17, 15) is 0 Å². The third-order valence-electron chi connectivity index (χ3n) is 2.52. The van der Waals surface area contributed by atoms with Crippen molar-refractivity contribution in [3.63, 3.8) is 0 Å². The Morgan fingerprint density at radius 2 is 2.05 bits per heavy atom. The summed E-state index contributed by atoms with van der Waals surface area (Å²) in [6, 6.07) is 9.18. The lowest BCUT2D eigenvalue weighted by Crippen LogP contribution is -2.08. The van der Waals surface area contributed by atoms with Gasteiger partial charge in [-0.05, 0) is 40.5 Å². The number of rotatable bonds is 6. The highest BCUT2D eigenvalue weighted by molar-refractivity contribution is 9.10. The first-order valence-electron chi connectivity index (χ1n) is 6.09. The Hall–Kier alpha value is -0.970. The standard InChI is InChI=1S/C14H13BrCl2N2O/c15-10-8-12(17)13(9-11(10)16)20-7-3-6-19-14-4-1-2-5-18-14/h1-2,4-5,8-9H,3,6-7H2,(H,18,19). The molecule has 0 atom stereocenters. The van der Waals surface area contributed by atoms with Crippen molar-refractivity contribution in [1.82, 2.24) is 4.98 Å². The smallest absolute Gasteiger partial charge is 0.139 e. The van der Waals surface area contributed by atoms with E-state index in [1.165, 1.54) is 0 Å². The van der Waals surface area contributed by atoms with E-state index in [1.54, 1.807) is 18.3 Å². The van der Waals surface area contributed by atoms with Crippen LogP contribution in [0.5, 0.6) is 5.75 Å². The molecular weight excluding hydrogens is 363 g/mol. The largest absolute Gasteiger partial charge is 0.492 e. The molecule has 2 rings (SSSR count). The molecule has 6 heteroatoms. The molecule has 0 aliphatic heterocycles. The lowest BCUT2D eigenvalue weighted by atomic mass is 10.3. The number of benzene rings is 1. The number of ether oxygens (including phenoxy) is 1. The molecular formula is C14H13BrCl2N2O. The Bertz CT molecular complexity index is 567. The molecule has 1 aromatic heterocycles. The van der Waals surface area contributed by atoms with E-state index in [0.29, 0.717) is 22.4 Å². The second kappa shape index (κ2) is 7.72. The second-order valence-corrected chi connectivity index (χ2v) is 5.71. The minimum Gasteiger partial charge on any atom is -0.492 e. The number of hydrogen-bond donors (Lipinski definition) is 1. The number of nitrogens with one attached hydrogen (secondary N) is 1. The van der Waals surface area contributed by atoms with Crippen LogP contribution in [0.2, 0.25) is 10.0 Å². The molecule has 0 aliphatic carbocycles. The minimum atomic E-state index is 0.541. The summed E-state index contributed by atoms with van der Waals surface area (Å²) >= 11 is 15.4. The molecule has 0 spiro atoms. The van der Waals surface area contributed by atoms with Gasteiger partial charge in [0.1, 0.15) is 11.6 Å². The summed E-state index contributed by atoms with van der Waals surface area (Å²) in [5.74, 6) is 1.45. The van der Waals surface area contributed by atoms with Gasteiger partial charge in [0.25, 0.3) is 0 Å². The van der Waals surface area contributed by atoms with Crippen LogP contribution in [0.25, 0.3) is 0 Å². The monoisotopic (exact) mass is 374 g/mol. The number of pyridine rings is 1. The Labute approximate surface area is 136 Å². The van der Waals surface area contributed by atoms with Gasteiger partial charge in [0.15, 0.2) is 0 Å². The number of hydrogen-bond acceptors (Lipinski definition) is 3. The fourth-order valence-electron chi connectivity index (χ4n) is 1.55. The SMILES string of the molecule is Clc1cc(OCCCNc2ccccn2)c(Cl)cc1Br. The van der Waals surface area contributed by atoms with Crippen LogP contribution in [0, 0.1) is 0 Å². The van der Waals surface area contributed by atoms with Crippen molar-refractivity contribution in [2.45, 2.75) is 6.42 Å². The van der Waals surface area contributed by atoms with Crippen LogP contribution in [0.15, 0.2) is 41.0 Å². The molecule has 106 valence electrons. The van der Waals surface area contributed by atoms with Gasteiger partial charge in [0, 0.05) is 23.3 Å². The van der Waals surface area contributed by atoms with Crippen LogP contribution < -0.4 is 10.1 Å². The summed E-state index contributed by atoms with van der Waals surface area (Å²) in [7, 11) is 0. The first-order chi connectivity index (χ1) is 9.66. The molecule has 2 aromatic rings. The molecule has 0 unspecified atom stereocenters. The van der Waals surface area contributed by atoms with E-state index in [-0.39, 0.29) is 0 Å². The lowest BCUT2D eigenvalue weighted by molar-refractivity contribution is 0.315. The molecule has 0 bridgehead atoms. The average Bonchev–Trinajstić information content (AvgIpc) is 2.45. The summed E-state index contributed by atoms with van der Waals surface area (Å²) in [6.07, 6.45) is 2.59. The van der Waals surface area contributed by atoms with Crippen LogP contribution in [0.3, 0.4) is 0 Å². The molecule has 0 radical (unpaired) electrons. The summed E-state index contributed by atoms with van der Waals surface area (Å²) in [6.45, 7) is 1.33. The number of aromatic nitrogens is 1. The van der Waals surface area contributed by atoms with E-state index >= 15 is 0 Å². The van der Waals surface area contributed by atoms with Crippen molar-refractivity contribution in [3.8, 4) is 5.75 Å². The highest BCUT2D eigenvalue weighted by atomic mass is 79.9. The highest BCUT2D eigenvalue weighted by Gasteiger charge is 2.06. The van der Waals surface area contributed by atoms with Crippen LogP contribution in [0.4, 0.5) is 5.82 Å². The molecule has 3 nitrogen and oxygen atoms in total. The Morgan fingerprint density at radius 3 is 2.80 bits per heavy atom. The Morgan fingerprint density at radius 1 is 1.20 bits per heavy atom. The van der Waals surface area contributed by atoms with Crippen molar-refractivity contribution in [3.05, 3.63) is 51.0 Å². The molecule has 1 heterocycles. The zero-order chi connectivity index (χ0) is 14.4. The van der Waals surface area contributed by atoms with Crippen LogP contribution >= 0.6 is 39.1 Å². The van der Waals surface area contributed by atoms with Crippen molar-refractivity contribution >= 4 is 44.9 Å². The average molecular weight is 376 g/mol. The second-order valence-electron chi connectivity index (χ2n) is 4.04. The molecule has 0 amide bonds. The first kappa shape index (κ1) is 15.4. The predicted molar refractivity (Wildman–Crippen MR) is 87.0 cm³/mol. The van der Waals surface area contributed by atoms with E-state index in [2.05, 4.69) is 26.2 Å².